The van der Waals surface area contributed by atoms with Crippen LogP contribution in [-0.2, 0) is 6.54 Å². The van der Waals surface area contributed by atoms with Gasteiger partial charge in [-0.15, -0.1) is 0 Å². The maximum Gasteiger partial charge on any atom is 0.272 e. The number of likely N-dealkylation sites (tertiary alicyclic amines) is 1. The van der Waals surface area contributed by atoms with Crippen molar-refractivity contribution >= 4 is 11.7 Å². The van der Waals surface area contributed by atoms with Crippen molar-refractivity contribution in [1.29, 1.82) is 0 Å². The molecule has 1 aliphatic heterocycles. The third-order valence-corrected chi connectivity index (χ3v) is 4.00. The van der Waals surface area contributed by atoms with E-state index in [0.29, 0.717) is 18.1 Å². The minimum atomic E-state index is -0.00107. The van der Waals surface area contributed by atoms with Crippen LogP contribution in [-0.4, -0.2) is 33.9 Å². The molecular weight excluding hydrogens is 276 g/mol. The topological polar surface area (TPSA) is 58.1 Å². The van der Waals surface area contributed by atoms with Crippen LogP contribution in [0.15, 0.2) is 36.7 Å². The average Bonchev–Trinajstić information content (AvgIpc) is 3.08. The summed E-state index contributed by atoms with van der Waals surface area (Å²) in [7, 11) is 0. The van der Waals surface area contributed by atoms with Crippen LogP contribution < -0.4 is 5.32 Å². The Labute approximate surface area is 130 Å². The summed E-state index contributed by atoms with van der Waals surface area (Å²) >= 11 is 0. The molecule has 0 saturated carbocycles. The van der Waals surface area contributed by atoms with Gasteiger partial charge in [-0.2, -0.15) is 0 Å². The Balaban J connectivity index is 1.68. The van der Waals surface area contributed by atoms with Crippen molar-refractivity contribution in [3.8, 4) is 0 Å². The summed E-state index contributed by atoms with van der Waals surface area (Å²) in [6, 6.07) is 9.95. The Morgan fingerprint density at radius 2 is 2.00 bits per heavy atom. The van der Waals surface area contributed by atoms with Gasteiger partial charge in [0.05, 0.1) is 0 Å². The minimum absolute atomic E-state index is 0.00107. The number of anilines is 1. The normalized spacial score (nSPS) is 14.1. The number of nitrogens with zero attached hydrogens (tertiary/aromatic N) is 3. The number of benzene rings is 1. The number of aryl methyl sites for hydroxylation is 1. The van der Waals surface area contributed by atoms with E-state index < -0.39 is 0 Å². The first-order valence-corrected chi connectivity index (χ1v) is 7.64. The lowest BCUT2D eigenvalue weighted by Gasteiger charge is -2.15. The molecule has 0 unspecified atom stereocenters. The average molecular weight is 296 g/mol. The van der Waals surface area contributed by atoms with E-state index in [1.165, 1.54) is 17.5 Å². The number of aromatic nitrogens is 2. The number of nitrogens with one attached hydrogen (secondary N) is 1. The van der Waals surface area contributed by atoms with Gasteiger partial charge in [0.2, 0.25) is 0 Å². The Kier molecular flexibility index (Phi) is 4.32. The molecule has 1 saturated heterocycles. The first-order valence-electron chi connectivity index (χ1n) is 7.64. The summed E-state index contributed by atoms with van der Waals surface area (Å²) in [5, 5.41) is 3.27. The molecule has 1 fully saturated rings. The Hall–Kier alpha value is -2.43. The molecule has 0 aliphatic carbocycles. The van der Waals surface area contributed by atoms with Crippen LogP contribution in [0.3, 0.4) is 0 Å². The molecule has 0 radical (unpaired) electrons. The molecule has 2 aromatic rings. The number of hydrogen-bond acceptors (Lipinski definition) is 4. The third kappa shape index (κ3) is 3.24. The summed E-state index contributed by atoms with van der Waals surface area (Å²) in [6.07, 6.45) is 3.61. The molecule has 1 amide bonds. The minimum Gasteiger partial charge on any atom is -0.366 e. The number of amides is 1. The monoisotopic (exact) mass is 296 g/mol. The van der Waals surface area contributed by atoms with Crippen LogP contribution in [0, 0.1) is 6.92 Å². The van der Waals surface area contributed by atoms with Crippen molar-refractivity contribution in [2.45, 2.75) is 26.3 Å². The SMILES string of the molecule is Cc1ccccc1CNc1cc(C(=O)N2CCCC2)ncn1. The van der Waals surface area contributed by atoms with Crippen molar-refractivity contribution in [2.75, 3.05) is 18.4 Å². The lowest BCUT2D eigenvalue weighted by molar-refractivity contribution is 0.0787. The Bertz CT molecular complexity index is 665. The Morgan fingerprint density at radius 3 is 2.77 bits per heavy atom. The van der Waals surface area contributed by atoms with Crippen LogP contribution in [0.2, 0.25) is 0 Å². The third-order valence-electron chi connectivity index (χ3n) is 4.00. The van der Waals surface area contributed by atoms with Crippen molar-refractivity contribution in [3.05, 3.63) is 53.5 Å². The highest BCUT2D eigenvalue weighted by Crippen LogP contribution is 2.14. The number of rotatable bonds is 4. The zero-order valence-electron chi connectivity index (χ0n) is 12.7. The van der Waals surface area contributed by atoms with Gasteiger partial charge in [0.15, 0.2) is 0 Å². The lowest BCUT2D eigenvalue weighted by atomic mass is 10.1. The molecule has 1 N–H and O–H groups in total. The van der Waals surface area contributed by atoms with Crippen molar-refractivity contribution in [2.24, 2.45) is 0 Å². The molecule has 1 aromatic heterocycles. The molecule has 3 rings (SSSR count). The largest absolute Gasteiger partial charge is 0.366 e. The van der Waals surface area contributed by atoms with Crippen LogP contribution in [0.5, 0.6) is 0 Å². The zero-order chi connectivity index (χ0) is 15.4. The van der Waals surface area contributed by atoms with Crippen LogP contribution in [0.4, 0.5) is 5.82 Å². The molecule has 0 bridgehead atoms. The molecule has 5 nitrogen and oxygen atoms in total. The van der Waals surface area contributed by atoms with Crippen LogP contribution in [0.1, 0.15) is 34.5 Å². The standard InChI is InChI=1S/C17H20N4O/c1-13-6-2-3-7-14(13)11-18-16-10-15(19-12-20-16)17(22)21-8-4-5-9-21/h2-3,6-7,10,12H,4-5,8-9,11H2,1H3,(H,18,19,20). The van der Waals surface area contributed by atoms with E-state index >= 15 is 0 Å². The summed E-state index contributed by atoms with van der Waals surface area (Å²) < 4.78 is 0. The molecule has 0 spiro atoms. The van der Waals surface area contributed by atoms with E-state index in [1.54, 1.807) is 6.07 Å². The Morgan fingerprint density at radius 1 is 1.23 bits per heavy atom. The van der Waals surface area contributed by atoms with Crippen LogP contribution >= 0.6 is 0 Å². The predicted octanol–water partition coefficient (Wildman–Crippen LogP) is 2.63. The highest BCUT2D eigenvalue weighted by molar-refractivity contribution is 5.93. The second kappa shape index (κ2) is 6.56. The first-order chi connectivity index (χ1) is 10.7. The van der Waals surface area contributed by atoms with Gasteiger partial charge in [0, 0.05) is 25.7 Å². The van der Waals surface area contributed by atoms with E-state index in [9.17, 15) is 4.79 Å². The maximum atomic E-state index is 12.3. The van der Waals surface area contributed by atoms with Gasteiger partial charge < -0.3 is 10.2 Å². The van der Waals surface area contributed by atoms with Crippen molar-refractivity contribution < 1.29 is 4.79 Å². The van der Waals surface area contributed by atoms with Gasteiger partial charge in [-0.3, -0.25) is 4.79 Å². The number of carbonyl (C=O) groups excluding carboxylic acids is 1. The smallest absolute Gasteiger partial charge is 0.272 e. The second-order valence-corrected chi connectivity index (χ2v) is 5.57. The number of hydrogen-bond donors (Lipinski definition) is 1. The van der Waals surface area contributed by atoms with E-state index in [2.05, 4.69) is 34.3 Å². The zero-order valence-corrected chi connectivity index (χ0v) is 12.7. The van der Waals surface area contributed by atoms with Crippen molar-refractivity contribution in [3.63, 3.8) is 0 Å². The van der Waals surface area contributed by atoms with E-state index in [-0.39, 0.29) is 5.91 Å². The summed E-state index contributed by atoms with van der Waals surface area (Å²) in [5.74, 6) is 0.680. The second-order valence-electron chi connectivity index (χ2n) is 5.57. The fourth-order valence-corrected chi connectivity index (χ4v) is 2.65. The van der Waals surface area contributed by atoms with E-state index in [4.69, 9.17) is 0 Å². The maximum absolute atomic E-state index is 12.3. The predicted molar refractivity (Wildman–Crippen MR) is 85.7 cm³/mol. The first kappa shape index (κ1) is 14.5. The van der Waals surface area contributed by atoms with E-state index in [1.807, 2.05) is 17.0 Å². The summed E-state index contributed by atoms with van der Waals surface area (Å²) in [6.45, 7) is 4.42. The van der Waals surface area contributed by atoms with Gasteiger partial charge in [0.25, 0.3) is 5.91 Å². The van der Waals surface area contributed by atoms with Crippen LogP contribution in [0.25, 0.3) is 0 Å². The molecule has 22 heavy (non-hydrogen) atoms. The molecule has 0 atom stereocenters. The molecule has 1 aliphatic rings. The molecule has 2 heterocycles. The molecule has 1 aromatic carbocycles. The van der Waals surface area contributed by atoms with Crippen molar-refractivity contribution in [1.82, 2.24) is 14.9 Å². The highest BCUT2D eigenvalue weighted by Gasteiger charge is 2.20. The molecule has 5 heteroatoms. The number of carbonyl (C=O) groups is 1. The fraction of sp³-hybridized carbons (Fsp3) is 0.353. The fourth-order valence-electron chi connectivity index (χ4n) is 2.65. The van der Waals surface area contributed by atoms with Gasteiger partial charge >= 0.3 is 0 Å². The van der Waals surface area contributed by atoms with Gasteiger partial charge in [0.1, 0.15) is 17.8 Å². The molecular formula is C17H20N4O. The molecule has 114 valence electrons. The highest BCUT2D eigenvalue weighted by atomic mass is 16.2. The summed E-state index contributed by atoms with van der Waals surface area (Å²) in [5.41, 5.74) is 2.91. The van der Waals surface area contributed by atoms with Gasteiger partial charge in [-0.25, -0.2) is 9.97 Å². The van der Waals surface area contributed by atoms with Gasteiger partial charge in [-0.05, 0) is 30.9 Å². The van der Waals surface area contributed by atoms with Gasteiger partial charge in [-0.1, -0.05) is 24.3 Å². The quantitative estimate of drug-likeness (QED) is 0.942. The lowest BCUT2D eigenvalue weighted by Crippen LogP contribution is -2.28. The van der Waals surface area contributed by atoms with E-state index in [0.717, 1.165) is 25.9 Å². The summed E-state index contributed by atoms with van der Waals surface area (Å²) in [4.78, 5) is 22.5.